The average molecular weight is 380 g/mol. The van der Waals surface area contributed by atoms with E-state index in [4.69, 9.17) is 44.5 Å². The second-order valence-electron chi connectivity index (χ2n) is 4.98. The Hall–Kier alpha value is -1.05. The number of rotatable bonds is 10. The molecule has 0 radical (unpaired) electrons. The molecule has 0 aromatic heterocycles. The van der Waals surface area contributed by atoms with Gasteiger partial charge in [0.15, 0.2) is 5.75 Å². The Kier molecular flexibility index (Phi) is 13.7. The molecule has 0 unspecified atom stereocenters. The summed E-state index contributed by atoms with van der Waals surface area (Å²) in [6.07, 6.45) is 4.64. The zero-order chi connectivity index (χ0) is 18.4. The number of hydrogen-bond donors (Lipinski definition) is 4. The smallest absolute Gasteiger partial charge is 0.341 e. The van der Waals surface area contributed by atoms with Crippen molar-refractivity contribution < 1.29 is 14.6 Å². The molecular weight excluding hydrogens is 353 g/mol. The lowest BCUT2D eigenvalue weighted by atomic mass is 10.2. The van der Waals surface area contributed by atoms with Crippen LogP contribution in [0.5, 0.6) is 5.75 Å². The van der Waals surface area contributed by atoms with Gasteiger partial charge in [-0.25, -0.2) is 4.79 Å². The van der Waals surface area contributed by atoms with Crippen molar-refractivity contribution in [1.29, 1.82) is 0 Å². The number of nitrogens with two attached hydrogens (primary N) is 2. The molecule has 8 heteroatoms. The van der Waals surface area contributed by atoms with E-state index in [0.717, 1.165) is 39.0 Å². The van der Waals surface area contributed by atoms with Gasteiger partial charge in [-0.15, -0.1) is 0 Å². The first-order chi connectivity index (χ1) is 11.5. The number of halogens is 2. The number of hydrogen-bond acceptors (Lipinski definition) is 5. The fourth-order valence-corrected chi connectivity index (χ4v) is 2.31. The summed E-state index contributed by atoms with van der Waals surface area (Å²) in [5.74, 6) is -1.08. The lowest BCUT2D eigenvalue weighted by Crippen LogP contribution is -2.18. The summed E-state index contributed by atoms with van der Waals surface area (Å²) in [7, 11) is 1.34. The quantitative estimate of drug-likeness (QED) is 0.465. The van der Waals surface area contributed by atoms with E-state index in [9.17, 15) is 4.79 Å². The summed E-state index contributed by atoms with van der Waals surface area (Å²) in [4.78, 5) is 10.7. The highest BCUT2D eigenvalue weighted by Gasteiger charge is 2.17. The van der Waals surface area contributed by atoms with Crippen molar-refractivity contribution in [1.82, 2.24) is 5.32 Å². The highest BCUT2D eigenvalue weighted by atomic mass is 35.5. The van der Waals surface area contributed by atoms with Gasteiger partial charge in [0, 0.05) is 0 Å². The first-order valence-electron chi connectivity index (χ1n) is 7.85. The fourth-order valence-electron chi connectivity index (χ4n) is 1.85. The van der Waals surface area contributed by atoms with Crippen LogP contribution in [-0.2, 0) is 0 Å². The molecule has 0 heterocycles. The number of benzene rings is 1. The van der Waals surface area contributed by atoms with Gasteiger partial charge >= 0.3 is 5.97 Å². The molecule has 0 fully saturated rings. The van der Waals surface area contributed by atoms with E-state index in [-0.39, 0.29) is 21.4 Å². The van der Waals surface area contributed by atoms with Crippen molar-refractivity contribution in [3.63, 3.8) is 0 Å². The van der Waals surface area contributed by atoms with Crippen LogP contribution in [0.4, 0.5) is 0 Å². The largest absolute Gasteiger partial charge is 0.494 e. The van der Waals surface area contributed by atoms with E-state index in [2.05, 4.69) is 5.32 Å². The van der Waals surface area contributed by atoms with Gasteiger partial charge in [0.1, 0.15) is 5.56 Å². The predicted octanol–water partition coefficient (Wildman–Crippen LogP) is 2.75. The summed E-state index contributed by atoms with van der Waals surface area (Å²) >= 11 is 11.4. The van der Waals surface area contributed by atoms with Crippen LogP contribution in [-0.4, -0.2) is 44.4 Å². The van der Waals surface area contributed by atoms with Gasteiger partial charge in [-0.3, -0.25) is 0 Å². The summed E-state index contributed by atoms with van der Waals surface area (Å²) in [5, 5.41) is 12.5. The van der Waals surface area contributed by atoms with Crippen molar-refractivity contribution in [2.45, 2.75) is 25.7 Å². The summed E-state index contributed by atoms with van der Waals surface area (Å²) < 4.78 is 4.82. The number of carbonyl (C=O) groups is 1. The number of carboxylic acid groups (broad SMARTS) is 1. The van der Waals surface area contributed by atoms with Crippen LogP contribution in [0.2, 0.25) is 10.0 Å². The normalized spacial score (nSPS) is 10.0. The Bertz CT molecular complexity index is 480. The van der Waals surface area contributed by atoms with Crippen LogP contribution >= 0.6 is 23.2 Å². The molecule has 0 bridgehead atoms. The molecule has 0 atom stereocenters. The van der Waals surface area contributed by atoms with Gasteiger partial charge in [0.2, 0.25) is 0 Å². The third kappa shape index (κ3) is 9.30. The number of methoxy groups -OCH3 is 1. The van der Waals surface area contributed by atoms with E-state index in [1.165, 1.54) is 32.1 Å². The number of carboxylic acids is 1. The Morgan fingerprint density at radius 2 is 1.58 bits per heavy atom. The molecule has 6 N–H and O–H groups in total. The maximum absolute atomic E-state index is 10.7. The molecule has 138 valence electrons. The standard InChI is InChI=1S/C8H6Cl2O3.C8H21N3/c1-13-7-5(10)3-2-4(9)6(7)8(11)12;9-5-1-3-7-11-8-4-2-6-10/h2-3H,1H3,(H,11,12);11H,1-10H2. The van der Waals surface area contributed by atoms with Crippen LogP contribution in [0.3, 0.4) is 0 Å². The van der Waals surface area contributed by atoms with Crippen molar-refractivity contribution in [2.75, 3.05) is 33.3 Å². The second kappa shape index (κ2) is 14.3. The molecule has 0 aliphatic heterocycles. The van der Waals surface area contributed by atoms with Gasteiger partial charge in [-0.05, 0) is 64.0 Å². The van der Waals surface area contributed by atoms with E-state index in [1.807, 2.05) is 0 Å². The van der Waals surface area contributed by atoms with Crippen LogP contribution in [0.25, 0.3) is 0 Å². The minimum atomic E-state index is -1.16. The molecule has 0 spiro atoms. The molecule has 0 aliphatic rings. The number of ether oxygens (including phenoxy) is 1. The highest BCUT2D eigenvalue weighted by Crippen LogP contribution is 2.33. The molecule has 24 heavy (non-hydrogen) atoms. The van der Waals surface area contributed by atoms with Crippen LogP contribution in [0.1, 0.15) is 36.0 Å². The van der Waals surface area contributed by atoms with Gasteiger partial charge < -0.3 is 26.6 Å². The molecule has 0 aliphatic carbocycles. The molecule has 0 saturated carbocycles. The third-order valence-electron chi connectivity index (χ3n) is 3.09. The lowest BCUT2D eigenvalue weighted by molar-refractivity contribution is 0.0693. The van der Waals surface area contributed by atoms with E-state index < -0.39 is 5.97 Å². The van der Waals surface area contributed by atoms with E-state index in [0.29, 0.717) is 0 Å². The van der Waals surface area contributed by atoms with Crippen molar-refractivity contribution in [2.24, 2.45) is 11.5 Å². The molecule has 6 nitrogen and oxygen atoms in total. The Morgan fingerprint density at radius 1 is 1.08 bits per heavy atom. The van der Waals surface area contributed by atoms with Gasteiger partial charge in [0.25, 0.3) is 0 Å². The molecule has 1 aromatic rings. The average Bonchev–Trinajstić information content (AvgIpc) is 2.56. The van der Waals surface area contributed by atoms with Crippen LogP contribution < -0.4 is 21.5 Å². The number of unbranched alkanes of at least 4 members (excludes halogenated alkanes) is 2. The first-order valence-corrected chi connectivity index (χ1v) is 8.61. The van der Waals surface area contributed by atoms with Crippen LogP contribution in [0, 0.1) is 0 Å². The third-order valence-corrected chi connectivity index (χ3v) is 3.70. The topological polar surface area (TPSA) is 111 Å². The molecule has 0 amide bonds. The van der Waals surface area contributed by atoms with Gasteiger partial charge in [0.05, 0.1) is 17.2 Å². The molecule has 1 rings (SSSR count). The molecular formula is C16H27Cl2N3O3. The zero-order valence-electron chi connectivity index (χ0n) is 14.0. The summed E-state index contributed by atoms with van der Waals surface area (Å²) in [5.41, 5.74) is 10.6. The van der Waals surface area contributed by atoms with Gasteiger partial charge in [-0.2, -0.15) is 0 Å². The summed E-state index contributed by atoms with van der Waals surface area (Å²) in [6, 6.07) is 2.89. The minimum absolute atomic E-state index is 0.0849. The monoisotopic (exact) mass is 379 g/mol. The summed E-state index contributed by atoms with van der Waals surface area (Å²) in [6.45, 7) is 3.82. The Labute approximate surface area is 153 Å². The molecule has 0 saturated heterocycles. The van der Waals surface area contributed by atoms with Crippen molar-refractivity contribution in [3.05, 3.63) is 27.7 Å². The molecule has 1 aromatic carbocycles. The minimum Gasteiger partial charge on any atom is -0.494 e. The van der Waals surface area contributed by atoms with E-state index >= 15 is 0 Å². The Morgan fingerprint density at radius 3 is 1.96 bits per heavy atom. The maximum atomic E-state index is 10.7. The zero-order valence-corrected chi connectivity index (χ0v) is 15.5. The first kappa shape index (κ1) is 22.9. The number of nitrogens with one attached hydrogen (secondary N) is 1. The van der Waals surface area contributed by atoms with E-state index in [1.54, 1.807) is 0 Å². The maximum Gasteiger partial charge on any atom is 0.341 e. The fraction of sp³-hybridized carbons (Fsp3) is 0.562. The highest BCUT2D eigenvalue weighted by molar-refractivity contribution is 6.36. The second-order valence-corrected chi connectivity index (χ2v) is 5.80. The Balaban J connectivity index is 0.000000449. The number of aromatic carboxylic acids is 1. The van der Waals surface area contributed by atoms with Crippen LogP contribution in [0.15, 0.2) is 12.1 Å². The predicted molar refractivity (Wildman–Crippen MR) is 99.4 cm³/mol. The van der Waals surface area contributed by atoms with Gasteiger partial charge in [-0.1, -0.05) is 23.2 Å². The lowest BCUT2D eigenvalue weighted by Gasteiger charge is -2.07. The SMILES string of the molecule is COc1c(Cl)ccc(Cl)c1C(=O)O.NCCCCNCCCCN. The van der Waals surface area contributed by atoms with Crippen molar-refractivity contribution in [3.8, 4) is 5.75 Å². The van der Waals surface area contributed by atoms with Crippen molar-refractivity contribution >= 4 is 29.2 Å².